The van der Waals surface area contributed by atoms with Gasteiger partial charge in [-0.2, -0.15) is 0 Å². The summed E-state index contributed by atoms with van der Waals surface area (Å²) < 4.78 is 13.6. The standard InChI is InChI=1S/C22H21FN2O/c1-16-11-12-19(14-20(16)23)24-15-22(26)25-21-10-6-5-9-18(21)13-17-7-3-2-4-8-17/h2-12,14,24H,13,15H2,1H3,(H,25,26). The molecule has 3 aromatic carbocycles. The minimum atomic E-state index is -0.288. The maximum atomic E-state index is 13.6. The highest BCUT2D eigenvalue weighted by Crippen LogP contribution is 2.19. The van der Waals surface area contributed by atoms with Crippen LogP contribution in [0.5, 0.6) is 0 Å². The van der Waals surface area contributed by atoms with Gasteiger partial charge < -0.3 is 10.6 Å². The average Bonchev–Trinajstić information content (AvgIpc) is 2.65. The Hall–Kier alpha value is -3.14. The third kappa shape index (κ3) is 4.70. The van der Waals surface area contributed by atoms with Crippen LogP contribution < -0.4 is 10.6 Å². The van der Waals surface area contributed by atoms with Crippen molar-refractivity contribution in [2.75, 3.05) is 17.2 Å². The van der Waals surface area contributed by atoms with Crippen LogP contribution in [0.2, 0.25) is 0 Å². The summed E-state index contributed by atoms with van der Waals surface area (Å²) in [5, 5.41) is 5.88. The number of carbonyl (C=O) groups is 1. The third-order valence-electron chi connectivity index (χ3n) is 4.15. The fraction of sp³-hybridized carbons (Fsp3) is 0.136. The van der Waals surface area contributed by atoms with E-state index in [-0.39, 0.29) is 18.3 Å². The molecule has 3 nitrogen and oxygen atoms in total. The SMILES string of the molecule is Cc1ccc(NCC(=O)Nc2ccccc2Cc2ccccc2)cc1F. The highest BCUT2D eigenvalue weighted by Gasteiger charge is 2.08. The van der Waals surface area contributed by atoms with E-state index in [0.717, 1.165) is 17.7 Å². The van der Waals surface area contributed by atoms with Crippen LogP contribution in [-0.2, 0) is 11.2 Å². The molecule has 0 saturated carbocycles. The fourth-order valence-electron chi connectivity index (χ4n) is 2.69. The van der Waals surface area contributed by atoms with Gasteiger partial charge in [0.05, 0.1) is 6.54 Å². The Morgan fingerprint density at radius 2 is 1.69 bits per heavy atom. The third-order valence-corrected chi connectivity index (χ3v) is 4.15. The number of carbonyl (C=O) groups excluding carboxylic acids is 1. The minimum Gasteiger partial charge on any atom is -0.376 e. The maximum Gasteiger partial charge on any atom is 0.243 e. The number of halogens is 1. The molecule has 0 aromatic heterocycles. The molecule has 0 heterocycles. The Bertz CT molecular complexity index is 894. The number of anilines is 2. The lowest BCUT2D eigenvalue weighted by molar-refractivity contribution is -0.114. The Kier molecular flexibility index (Phi) is 5.64. The second kappa shape index (κ2) is 8.30. The van der Waals surface area contributed by atoms with Crippen LogP contribution in [0.1, 0.15) is 16.7 Å². The van der Waals surface area contributed by atoms with Gasteiger partial charge in [0.25, 0.3) is 0 Å². The van der Waals surface area contributed by atoms with E-state index < -0.39 is 0 Å². The molecule has 2 N–H and O–H groups in total. The van der Waals surface area contributed by atoms with Gasteiger partial charge in [0.15, 0.2) is 0 Å². The van der Waals surface area contributed by atoms with Crippen molar-refractivity contribution in [3.63, 3.8) is 0 Å². The summed E-state index contributed by atoms with van der Waals surface area (Å²) in [6, 6.07) is 22.7. The number of benzene rings is 3. The summed E-state index contributed by atoms with van der Waals surface area (Å²) in [7, 11) is 0. The topological polar surface area (TPSA) is 41.1 Å². The van der Waals surface area contributed by atoms with Crippen LogP contribution in [-0.4, -0.2) is 12.5 Å². The van der Waals surface area contributed by atoms with E-state index in [2.05, 4.69) is 22.8 Å². The molecule has 3 aromatic rings. The van der Waals surface area contributed by atoms with Crippen molar-refractivity contribution in [2.24, 2.45) is 0 Å². The van der Waals surface area contributed by atoms with Crippen LogP contribution in [0.3, 0.4) is 0 Å². The molecule has 0 aliphatic rings. The van der Waals surface area contributed by atoms with Gasteiger partial charge in [-0.1, -0.05) is 54.6 Å². The van der Waals surface area contributed by atoms with Gasteiger partial charge in [-0.05, 0) is 48.2 Å². The van der Waals surface area contributed by atoms with Crippen LogP contribution in [0.4, 0.5) is 15.8 Å². The Labute approximate surface area is 152 Å². The van der Waals surface area contributed by atoms with Crippen molar-refractivity contribution < 1.29 is 9.18 Å². The number of nitrogens with one attached hydrogen (secondary N) is 2. The summed E-state index contributed by atoms with van der Waals surface area (Å²) in [5.41, 5.74) is 4.18. The van der Waals surface area contributed by atoms with E-state index in [0.29, 0.717) is 11.3 Å². The van der Waals surface area contributed by atoms with Gasteiger partial charge in [0.2, 0.25) is 5.91 Å². The molecular formula is C22H21FN2O. The van der Waals surface area contributed by atoms with Gasteiger partial charge in [-0.15, -0.1) is 0 Å². The Morgan fingerprint density at radius 1 is 0.962 bits per heavy atom. The molecule has 0 bridgehead atoms. The summed E-state index contributed by atoms with van der Waals surface area (Å²) in [6.07, 6.45) is 0.744. The van der Waals surface area contributed by atoms with Crippen molar-refractivity contribution in [2.45, 2.75) is 13.3 Å². The zero-order chi connectivity index (χ0) is 18.4. The molecule has 4 heteroatoms. The van der Waals surface area contributed by atoms with Crippen LogP contribution in [0.15, 0.2) is 72.8 Å². The van der Waals surface area contributed by atoms with Crippen molar-refractivity contribution >= 4 is 17.3 Å². The lowest BCUT2D eigenvalue weighted by atomic mass is 10.0. The lowest BCUT2D eigenvalue weighted by Crippen LogP contribution is -2.22. The fourth-order valence-corrected chi connectivity index (χ4v) is 2.69. The Morgan fingerprint density at radius 3 is 2.46 bits per heavy atom. The lowest BCUT2D eigenvalue weighted by Gasteiger charge is -2.12. The predicted octanol–water partition coefficient (Wildman–Crippen LogP) is 4.78. The average molecular weight is 348 g/mol. The van der Waals surface area contributed by atoms with E-state index in [9.17, 15) is 9.18 Å². The number of rotatable bonds is 6. The zero-order valence-corrected chi connectivity index (χ0v) is 14.6. The van der Waals surface area contributed by atoms with Crippen molar-refractivity contribution in [1.82, 2.24) is 0 Å². The zero-order valence-electron chi connectivity index (χ0n) is 14.6. The quantitative estimate of drug-likeness (QED) is 0.673. The largest absolute Gasteiger partial charge is 0.376 e. The molecule has 0 aliphatic heterocycles. The molecular weight excluding hydrogens is 327 g/mol. The first kappa shape index (κ1) is 17.7. The van der Waals surface area contributed by atoms with E-state index >= 15 is 0 Å². The molecule has 3 rings (SSSR count). The highest BCUT2D eigenvalue weighted by molar-refractivity contribution is 5.94. The molecule has 0 aliphatic carbocycles. The van der Waals surface area contributed by atoms with Crippen LogP contribution in [0, 0.1) is 12.7 Å². The molecule has 132 valence electrons. The second-order valence-corrected chi connectivity index (χ2v) is 6.19. The summed E-state index contributed by atoms with van der Waals surface area (Å²) >= 11 is 0. The van der Waals surface area contributed by atoms with Crippen LogP contribution >= 0.6 is 0 Å². The van der Waals surface area contributed by atoms with Crippen molar-refractivity contribution in [3.05, 3.63) is 95.3 Å². The molecule has 26 heavy (non-hydrogen) atoms. The number of aryl methyl sites for hydroxylation is 1. The summed E-state index contributed by atoms with van der Waals surface area (Å²) in [4.78, 5) is 12.3. The first-order valence-electron chi connectivity index (χ1n) is 8.53. The molecule has 0 radical (unpaired) electrons. The number of hydrogen-bond acceptors (Lipinski definition) is 2. The van der Waals surface area contributed by atoms with Crippen LogP contribution in [0.25, 0.3) is 0 Å². The van der Waals surface area contributed by atoms with Gasteiger partial charge in [-0.3, -0.25) is 4.79 Å². The van der Waals surface area contributed by atoms with Gasteiger partial charge in [0, 0.05) is 11.4 Å². The minimum absolute atomic E-state index is 0.0716. The number of amides is 1. The first-order chi connectivity index (χ1) is 12.6. The molecule has 0 atom stereocenters. The smallest absolute Gasteiger partial charge is 0.243 e. The second-order valence-electron chi connectivity index (χ2n) is 6.19. The predicted molar refractivity (Wildman–Crippen MR) is 104 cm³/mol. The van der Waals surface area contributed by atoms with E-state index in [1.165, 1.54) is 11.6 Å². The van der Waals surface area contributed by atoms with Gasteiger partial charge >= 0.3 is 0 Å². The summed E-state index contributed by atoms with van der Waals surface area (Å²) in [5.74, 6) is -0.463. The Balaban J connectivity index is 1.63. The number of hydrogen-bond donors (Lipinski definition) is 2. The molecule has 0 saturated heterocycles. The van der Waals surface area contributed by atoms with E-state index in [1.54, 1.807) is 19.1 Å². The van der Waals surface area contributed by atoms with E-state index in [4.69, 9.17) is 0 Å². The van der Waals surface area contributed by atoms with Gasteiger partial charge in [-0.25, -0.2) is 4.39 Å². The molecule has 0 fully saturated rings. The number of para-hydroxylation sites is 1. The summed E-state index contributed by atoms with van der Waals surface area (Å²) in [6.45, 7) is 1.78. The highest BCUT2D eigenvalue weighted by atomic mass is 19.1. The van der Waals surface area contributed by atoms with Crippen molar-refractivity contribution in [3.8, 4) is 0 Å². The van der Waals surface area contributed by atoms with Gasteiger partial charge in [0.1, 0.15) is 5.82 Å². The van der Waals surface area contributed by atoms with E-state index in [1.807, 2.05) is 42.5 Å². The molecule has 0 unspecified atom stereocenters. The van der Waals surface area contributed by atoms with Crippen molar-refractivity contribution in [1.29, 1.82) is 0 Å². The normalized spacial score (nSPS) is 10.4. The first-order valence-corrected chi connectivity index (χ1v) is 8.53. The molecule has 1 amide bonds. The molecule has 0 spiro atoms. The monoisotopic (exact) mass is 348 g/mol. The maximum absolute atomic E-state index is 13.6.